The maximum atomic E-state index is 12.0. The van der Waals surface area contributed by atoms with E-state index in [1.807, 2.05) is 6.92 Å². The molecule has 0 unspecified atom stereocenters. The molecule has 0 aliphatic heterocycles. The Bertz CT molecular complexity index is 930. The molecule has 3 N–H and O–H groups in total. The van der Waals surface area contributed by atoms with Gasteiger partial charge in [-0.1, -0.05) is 5.21 Å². The van der Waals surface area contributed by atoms with E-state index in [1.165, 1.54) is 6.92 Å². The van der Waals surface area contributed by atoms with Gasteiger partial charge in [0.1, 0.15) is 11.6 Å². The van der Waals surface area contributed by atoms with Gasteiger partial charge >= 0.3 is 0 Å². The van der Waals surface area contributed by atoms with E-state index >= 15 is 0 Å². The fourth-order valence-electron chi connectivity index (χ4n) is 2.16. The molecule has 0 atom stereocenters. The number of rotatable bonds is 4. The number of benzene rings is 1. The normalized spacial score (nSPS) is 10.7. The minimum Gasteiger partial charge on any atom is -0.493 e. The maximum absolute atomic E-state index is 12.0. The predicted molar refractivity (Wildman–Crippen MR) is 83.2 cm³/mol. The van der Waals surface area contributed by atoms with Crippen molar-refractivity contribution in [3.8, 4) is 17.1 Å². The first-order chi connectivity index (χ1) is 11.1. The van der Waals surface area contributed by atoms with Crippen molar-refractivity contribution in [3.63, 3.8) is 0 Å². The highest BCUT2D eigenvalue weighted by Gasteiger charge is 2.14. The fraction of sp³-hybridized carbons (Fsp3) is 0.214. The van der Waals surface area contributed by atoms with Gasteiger partial charge in [0.05, 0.1) is 12.2 Å². The van der Waals surface area contributed by atoms with Crippen molar-refractivity contribution in [2.45, 2.75) is 13.8 Å². The Morgan fingerprint density at radius 3 is 2.96 bits per heavy atom. The van der Waals surface area contributed by atoms with Crippen LogP contribution in [0.15, 0.2) is 23.0 Å². The Balaban J connectivity index is 2.12. The van der Waals surface area contributed by atoms with Crippen LogP contribution in [0, 0.1) is 0 Å². The number of nitrogens with zero attached hydrogens (tertiary/aromatic N) is 3. The lowest BCUT2D eigenvalue weighted by molar-refractivity contribution is -0.114. The summed E-state index contributed by atoms with van der Waals surface area (Å²) >= 11 is 0. The number of carbonyl (C=O) groups is 1. The number of H-pyrrole nitrogens is 2. The van der Waals surface area contributed by atoms with Gasteiger partial charge in [-0.3, -0.25) is 9.59 Å². The molecule has 0 aliphatic rings. The highest BCUT2D eigenvalue weighted by atomic mass is 16.5. The topological polar surface area (TPSA) is 126 Å². The van der Waals surface area contributed by atoms with Crippen LogP contribution < -0.4 is 15.6 Å². The predicted octanol–water partition coefficient (Wildman–Crippen LogP) is 1.07. The third kappa shape index (κ3) is 2.89. The monoisotopic (exact) mass is 314 g/mol. The summed E-state index contributed by atoms with van der Waals surface area (Å²) in [5, 5.41) is 12.5. The van der Waals surface area contributed by atoms with Gasteiger partial charge in [-0.15, -0.1) is 5.10 Å². The standard InChI is InChI=1S/C14H14N6O3/c1-3-23-10-6-8(15-7(2)21)4-5-9(10)12-16-13-11(14(22)17-12)18-20-19-13/h4-6H,3H2,1-2H3,(H,15,21)(H2,16,17,18,19,20,22). The second-order valence-electron chi connectivity index (χ2n) is 4.75. The SMILES string of the molecule is CCOc1cc(NC(C)=O)ccc1-c1nc2[nH]nnc2c(=O)[nH]1. The van der Waals surface area contributed by atoms with Gasteiger partial charge in [-0.25, -0.2) is 10.1 Å². The van der Waals surface area contributed by atoms with Crippen molar-refractivity contribution in [1.29, 1.82) is 0 Å². The number of anilines is 1. The van der Waals surface area contributed by atoms with Crippen LogP contribution in [0.2, 0.25) is 0 Å². The van der Waals surface area contributed by atoms with Gasteiger partial charge in [-0.05, 0) is 19.1 Å². The van der Waals surface area contributed by atoms with E-state index in [4.69, 9.17) is 4.74 Å². The lowest BCUT2D eigenvalue weighted by Crippen LogP contribution is -2.10. The van der Waals surface area contributed by atoms with E-state index in [-0.39, 0.29) is 17.1 Å². The van der Waals surface area contributed by atoms with Crippen molar-refractivity contribution >= 4 is 22.8 Å². The van der Waals surface area contributed by atoms with E-state index in [0.717, 1.165) is 0 Å². The molecule has 0 aliphatic carbocycles. The molecule has 0 saturated carbocycles. The zero-order chi connectivity index (χ0) is 16.4. The molecule has 0 saturated heterocycles. The minimum atomic E-state index is -0.396. The van der Waals surface area contributed by atoms with E-state index in [2.05, 4.69) is 30.7 Å². The van der Waals surface area contributed by atoms with Crippen LogP contribution in [-0.4, -0.2) is 37.9 Å². The van der Waals surface area contributed by atoms with Gasteiger partial charge in [0.15, 0.2) is 11.2 Å². The number of fused-ring (bicyclic) bond motifs is 1. The Labute approximate surface area is 130 Å². The summed E-state index contributed by atoms with van der Waals surface area (Å²) in [7, 11) is 0. The summed E-state index contributed by atoms with van der Waals surface area (Å²) in [6, 6.07) is 5.09. The third-order valence-corrected chi connectivity index (χ3v) is 3.06. The zero-order valence-electron chi connectivity index (χ0n) is 12.5. The third-order valence-electron chi connectivity index (χ3n) is 3.06. The summed E-state index contributed by atoms with van der Waals surface area (Å²) < 4.78 is 5.59. The first-order valence-corrected chi connectivity index (χ1v) is 6.94. The zero-order valence-corrected chi connectivity index (χ0v) is 12.5. The number of aromatic amines is 2. The molecule has 3 aromatic rings. The van der Waals surface area contributed by atoms with Crippen molar-refractivity contribution < 1.29 is 9.53 Å². The van der Waals surface area contributed by atoms with Crippen LogP contribution >= 0.6 is 0 Å². The van der Waals surface area contributed by atoms with Gasteiger partial charge in [0, 0.05) is 18.7 Å². The summed E-state index contributed by atoms with van der Waals surface area (Å²) in [4.78, 5) is 30.1. The highest BCUT2D eigenvalue weighted by molar-refractivity contribution is 5.89. The van der Waals surface area contributed by atoms with Crippen molar-refractivity contribution in [1.82, 2.24) is 25.4 Å². The van der Waals surface area contributed by atoms with Crippen molar-refractivity contribution in [2.24, 2.45) is 0 Å². The molecule has 0 spiro atoms. The molecule has 118 valence electrons. The van der Waals surface area contributed by atoms with Gasteiger partial charge in [0.25, 0.3) is 5.56 Å². The maximum Gasteiger partial charge on any atom is 0.281 e. The molecule has 0 bridgehead atoms. The summed E-state index contributed by atoms with van der Waals surface area (Å²) in [6.45, 7) is 3.69. The van der Waals surface area contributed by atoms with Crippen LogP contribution in [0.3, 0.4) is 0 Å². The second-order valence-corrected chi connectivity index (χ2v) is 4.75. The summed E-state index contributed by atoms with van der Waals surface area (Å²) in [5.41, 5.74) is 1.22. The number of hydrogen-bond donors (Lipinski definition) is 3. The van der Waals surface area contributed by atoms with Crippen LogP contribution in [0.4, 0.5) is 5.69 Å². The lowest BCUT2D eigenvalue weighted by Gasteiger charge is -2.12. The number of ether oxygens (including phenoxy) is 1. The van der Waals surface area contributed by atoms with E-state index in [1.54, 1.807) is 18.2 Å². The van der Waals surface area contributed by atoms with Crippen LogP contribution in [0.1, 0.15) is 13.8 Å². The molecular formula is C14H14N6O3. The summed E-state index contributed by atoms with van der Waals surface area (Å²) in [6.07, 6.45) is 0. The van der Waals surface area contributed by atoms with Crippen molar-refractivity contribution in [2.75, 3.05) is 11.9 Å². The molecule has 3 rings (SSSR count). The minimum absolute atomic E-state index is 0.140. The number of hydrogen-bond acceptors (Lipinski definition) is 6. The number of amides is 1. The largest absolute Gasteiger partial charge is 0.493 e. The first-order valence-electron chi connectivity index (χ1n) is 6.94. The van der Waals surface area contributed by atoms with Gasteiger partial charge < -0.3 is 15.0 Å². The van der Waals surface area contributed by atoms with Crippen LogP contribution in [0.25, 0.3) is 22.6 Å². The molecule has 23 heavy (non-hydrogen) atoms. The molecule has 1 amide bonds. The molecule has 0 radical (unpaired) electrons. The summed E-state index contributed by atoms with van der Waals surface area (Å²) in [5.74, 6) is 0.636. The average molecular weight is 314 g/mol. The first kappa shape index (κ1) is 14.7. The number of nitrogens with one attached hydrogen (secondary N) is 3. The van der Waals surface area contributed by atoms with Crippen molar-refractivity contribution in [3.05, 3.63) is 28.6 Å². The Morgan fingerprint density at radius 2 is 2.22 bits per heavy atom. The quantitative estimate of drug-likeness (QED) is 0.661. The lowest BCUT2D eigenvalue weighted by atomic mass is 10.1. The molecular weight excluding hydrogens is 300 g/mol. The molecule has 1 aromatic carbocycles. The van der Waals surface area contributed by atoms with Crippen LogP contribution in [-0.2, 0) is 4.79 Å². The Kier molecular flexibility index (Phi) is 3.75. The molecule has 2 heterocycles. The Morgan fingerprint density at radius 1 is 1.39 bits per heavy atom. The number of carbonyl (C=O) groups excluding carboxylic acids is 1. The van der Waals surface area contributed by atoms with E-state index in [0.29, 0.717) is 29.4 Å². The fourth-order valence-corrected chi connectivity index (χ4v) is 2.16. The second kappa shape index (κ2) is 5.87. The van der Waals surface area contributed by atoms with E-state index < -0.39 is 5.56 Å². The molecule has 9 nitrogen and oxygen atoms in total. The molecule has 9 heteroatoms. The van der Waals surface area contributed by atoms with E-state index in [9.17, 15) is 9.59 Å². The average Bonchev–Trinajstić information content (AvgIpc) is 2.96. The highest BCUT2D eigenvalue weighted by Crippen LogP contribution is 2.30. The Hall–Kier alpha value is -3.23. The smallest absolute Gasteiger partial charge is 0.281 e. The molecule has 0 fully saturated rings. The van der Waals surface area contributed by atoms with Crippen LogP contribution in [0.5, 0.6) is 5.75 Å². The number of aromatic nitrogens is 5. The molecule has 2 aromatic heterocycles. The van der Waals surface area contributed by atoms with Gasteiger partial charge in [-0.2, -0.15) is 0 Å². The van der Waals surface area contributed by atoms with Gasteiger partial charge in [0.2, 0.25) is 5.91 Å².